The Morgan fingerprint density at radius 2 is 2.10 bits per heavy atom. The number of rotatable bonds is 3. The monoisotopic (exact) mass is 162 g/mol. The molecule has 1 unspecified atom stereocenters. The second-order valence-corrected chi connectivity index (χ2v) is 2.26. The molecule has 0 aliphatic rings. The van der Waals surface area contributed by atoms with Gasteiger partial charge in [-0.1, -0.05) is 6.92 Å². The van der Waals surface area contributed by atoms with Crippen LogP contribution in [0.3, 0.4) is 0 Å². The standard InChI is InChI=1S/C6H10O3S/c1-3-4(7)5(10)6(8)9-2/h5,10H,3H2,1-2H3. The summed E-state index contributed by atoms with van der Waals surface area (Å²) in [5.74, 6) is -0.801. The molecule has 4 heteroatoms. The minimum atomic E-state index is -0.907. The molecule has 58 valence electrons. The van der Waals surface area contributed by atoms with E-state index in [9.17, 15) is 9.59 Å². The number of ketones is 1. The van der Waals surface area contributed by atoms with Crippen LogP contribution in [0.25, 0.3) is 0 Å². The van der Waals surface area contributed by atoms with E-state index in [4.69, 9.17) is 0 Å². The molecule has 10 heavy (non-hydrogen) atoms. The summed E-state index contributed by atoms with van der Waals surface area (Å²) >= 11 is 3.76. The molecular weight excluding hydrogens is 152 g/mol. The van der Waals surface area contributed by atoms with Gasteiger partial charge in [-0.15, -0.1) is 0 Å². The molecule has 0 amide bonds. The molecule has 0 aromatic rings. The van der Waals surface area contributed by atoms with Crippen LogP contribution in [-0.2, 0) is 14.3 Å². The number of hydrogen-bond donors (Lipinski definition) is 1. The quantitative estimate of drug-likeness (QED) is 0.372. The second kappa shape index (κ2) is 4.33. The van der Waals surface area contributed by atoms with E-state index in [0.29, 0.717) is 6.42 Å². The Morgan fingerprint density at radius 3 is 2.40 bits per heavy atom. The van der Waals surface area contributed by atoms with E-state index in [1.807, 2.05) is 0 Å². The molecule has 0 saturated carbocycles. The zero-order valence-corrected chi connectivity index (χ0v) is 6.85. The third kappa shape index (κ3) is 2.39. The summed E-state index contributed by atoms with van der Waals surface area (Å²) in [4.78, 5) is 21.3. The van der Waals surface area contributed by atoms with Gasteiger partial charge in [0, 0.05) is 6.42 Å². The fourth-order valence-corrected chi connectivity index (χ4v) is 0.724. The van der Waals surface area contributed by atoms with Gasteiger partial charge in [0.25, 0.3) is 0 Å². The van der Waals surface area contributed by atoms with Gasteiger partial charge in [-0.05, 0) is 0 Å². The van der Waals surface area contributed by atoms with Gasteiger partial charge in [0.05, 0.1) is 7.11 Å². The van der Waals surface area contributed by atoms with Crippen molar-refractivity contribution in [2.75, 3.05) is 7.11 Å². The van der Waals surface area contributed by atoms with Crippen LogP contribution in [0.4, 0.5) is 0 Å². The number of methoxy groups -OCH3 is 1. The van der Waals surface area contributed by atoms with Gasteiger partial charge in [-0.3, -0.25) is 9.59 Å². The van der Waals surface area contributed by atoms with E-state index < -0.39 is 11.2 Å². The van der Waals surface area contributed by atoms with Crippen LogP contribution in [0.5, 0.6) is 0 Å². The van der Waals surface area contributed by atoms with E-state index in [1.54, 1.807) is 6.92 Å². The zero-order chi connectivity index (χ0) is 8.15. The molecule has 0 radical (unpaired) electrons. The van der Waals surface area contributed by atoms with Crippen LogP contribution in [0, 0.1) is 0 Å². The third-order valence-electron chi connectivity index (χ3n) is 1.08. The van der Waals surface area contributed by atoms with Gasteiger partial charge in [0.15, 0.2) is 11.0 Å². The maximum atomic E-state index is 10.7. The molecule has 1 atom stereocenters. The summed E-state index contributed by atoms with van der Waals surface area (Å²) in [5.41, 5.74) is 0. The first kappa shape index (κ1) is 9.49. The molecule has 0 fully saturated rings. The molecular formula is C6H10O3S. The summed E-state index contributed by atoms with van der Waals surface area (Å²) in [6.07, 6.45) is 0.309. The van der Waals surface area contributed by atoms with Crippen molar-refractivity contribution in [1.82, 2.24) is 0 Å². The van der Waals surface area contributed by atoms with Crippen LogP contribution in [-0.4, -0.2) is 24.1 Å². The molecule has 0 spiro atoms. The molecule has 0 saturated heterocycles. The van der Waals surface area contributed by atoms with Crippen molar-refractivity contribution in [2.24, 2.45) is 0 Å². The molecule has 0 aromatic heterocycles. The lowest BCUT2D eigenvalue weighted by atomic mass is 10.2. The van der Waals surface area contributed by atoms with Crippen LogP contribution in [0.1, 0.15) is 13.3 Å². The summed E-state index contributed by atoms with van der Waals surface area (Å²) in [7, 11) is 1.23. The van der Waals surface area contributed by atoms with Gasteiger partial charge < -0.3 is 4.74 Å². The first-order valence-corrected chi connectivity index (χ1v) is 3.43. The maximum absolute atomic E-state index is 10.7. The third-order valence-corrected chi connectivity index (χ3v) is 1.58. The van der Waals surface area contributed by atoms with Gasteiger partial charge in [0.2, 0.25) is 0 Å². The van der Waals surface area contributed by atoms with Crippen molar-refractivity contribution in [2.45, 2.75) is 18.6 Å². The Balaban J connectivity index is 3.94. The van der Waals surface area contributed by atoms with Crippen LogP contribution < -0.4 is 0 Å². The molecule has 0 aliphatic carbocycles. The topological polar surface area (TPSA) is 43.4 Å². The average Bonchev–Trinajstić information content (AvgIpc) is 2.00. The smallest absolute Gasteiger partial charge is 0.326 e. The van der Waals surface area contributed by atoms with Gasteiger partial charge in [-0.25, -0.2) is 0 Å². The lowest BCUT2D eigenvalue weighted by Crippen LogP contribution is -2.25. The first-order valence-electron chi connectivity index (χ1n) is 2.92. The van der Waals surface area contributed by atoms with E-state index in [2.05, 4.69) is 17.4 Å². The molecule has 0 aliphatic heterocycles. The van der Waals surface area contributed by atoms with Gasteiger partial charge in [-0.2, -0.15) is 12.6 Å². The second-order valence-electron chi connectivity index (χ2n) is 1.75. The molecule has 0 bridgehead atoms. The van der Waals surface area contributed by atoms with Crippen LogP contribution in [0.2, 0.25) is 0 Å². The minimum Gasteiger partial charge on any atom is -0.468 e. The highest BCUT2D eigenvalue weighted by molar-refractivity contribution is 7.82. The summed E-state index contributed by atoms with van der Waals surface area (Å²) in [5, 5.41) is -0.907. The normalized spacial score (nSPS) is 12.3. The summed E-state index contributed by atoms with van der Waals surface area (Å²) in [6.45, 7) is 1.68. The largest absolute Gasteiger partial charge is 0.468 e. The Bertz CT molecular complexity index is 128. The van der Waals surface area contributed by atoms with Gasteiger partial charge in [0.1, 0.15) is 0 Å². The number of hydrogen-bond acceptors (Lipinski definition) is 4. The highest BCUT2D eigenvalue weighted by Crippen LogP contribution is 2.01. The number of ether oxygens (including phenoxy) is 1. The summed E-state index contributed by atoms with van der Waals surface area (Å²) < 4.78 is 4.30. The zero-order valence-electron chi connectivity index (χ0n) is 5.96. The number of Topliss-reactive ketones (excluding diaryl/α,β-unsaturated/α-hetero) is 1. The molecule has 3 nitrogen and oxygen atoms in total. The molecule has 0 N–H and O–H groups in total. The molecule has 0 aromatic carbocycles. The highest BCUT2D eigenvalue weighted by Gasteiger charge is 2.20. The predicted molar refractivity (Wildman–Crippen MR) is 40.1 cm³/mol. The maximum Gasteiger partial charge on any atom is 0.326 e. The van der Waals surface area contributed by atoms with Crippen LogP contribution >= 0.6 is 12.6 Å². The van der Waals surface area contributed by atoms with E-state index in [1.165, 1.54) is 7.11 Å². The van der Waals surface area contributed by atoms with Crippen molar-refractivity contribution in [1.29, 1.82) is 0 Å². The van der Waals surface area contributed by atoms with E-state index >= 15 is 0 Å². The molecule has 0 heterocycles. The number of esters is 1. The minimum absolute atomic E-state index is 0.213. The Hall–Kier alpha value is -0.510. The Morgan fingerprint density at radius 1 is 1.60 bits per heavy atom. The average molecular weight is 162 g/mol. The van der Waals surface area contributed by atoms with Crippen molar-refractivity contribution >= 4 is 24.4 Å². The fraction of sp³-hybridized carbons (Fsp3) is 0.667. The first-order chi connectivity index (χ1) is 4.63. The Labute approximate surface area is 65.2 Å². The fourth-order valence-electron chi connectivity index (χ4n) is 0.436. The number of carbonyl (C=O) groups excluding carboxylic acids is 2. The predicted octanol–water partition coefficient (Wildman–Crippen LogP) is 0.437. The SMILES string of the molecule is CCC(=O)C(S)C(=O)OC. The van der Waals surface area contributed by atoms with Crippen molar-refractivity contribution in [3.05, 3.63) is 0 Å². The lowest BCUT2D eigenvalue weighted by Gasteiger charge is -2.03. The molecule has 0 rings (SSSR count). The lowest BCUT2D eigenvalue weighted by molar-refractivity contribution is -0.142. The summed E-state index contributed by atoms with van der Waals surface area (Å²) in [6, 6.07) is 0. The highest BCUT2D eigenvalue weighted by atomic mass is 32.1. The van der Waals surface area contributed by atoms with E-state index in [0.717, 1.165) is 0 Å². The van der Waals surface area contributed by atoms with Crippen molar-refractivity contribution in [3.63, 3.8) is 0 Å². The van der Waals surface area contributed by atoms with Crippen molar-refractivity contribution in [3.8, 4) is 0 Å². The van der Waals surface area contributed by atoms with Crippen LogP contribution in [0.15, 0.2) is 0 Å². The number of thiol groups is 1. The van der Waals surface area contributed by atoms with Crippen molar-refractivity contribution < 1.29 is 14.3 Å². The Kier molecular flexibility index (Phi) is 4.11. The van der Waals surface area contributed by atoms with E-state index in [-0.39, 0.29) is 5.78 Å². The number of carbonyl (C=O) groups is 2. The van der Waals surface area contributed by atoms with Gasteiger partial charge >= 0.3 is 5.97 Å².